The van der Waals surface area contributed by atoms with Gasteiger partial charge in [0.2, 0.25) is 0 Å². The SMILES string of the molecule is COc1ccc(C(NC(=O)N2CCC(c3ccc(O)cc3)CC2)c2nccn2C)cc1. The average Bonchev–Trinajstić information content (AvgIpc) is 3.23. The molecule has 7 heteroatoms. The van der Waals surface area contributed by atoms with Crippen LogP contribution in [-0.4, -0.2) is 45.8 Å². The smallest absolute Gasteiger partial charge is 0.318 e. The van der Waals surface area contributed by atoms with Crippen LogP contribution in [0.25, 0.3) is 0 Å². The van der Waals surface area contributed by atoms with Gasteiger partial charge in [-0.05, 0) is 54.2 Å². The number of aromatic nitrogens is 2. The van der Waals surface area contributed by atoms with Crippen molar-refractivity contribution in [3.63, 3.8) is 0 Å². The summed E-state index contributed by atoms with van der Waals surface area (Å²) in [7, 11) is 3.56. The molecule has 0 radical (unpaired) electrons. The van der Waals surface area contributed by atoms with Gasteiger partial charge in [-0.25, -0.2) is 9.78 Å². The molecule has 1 saturated heterocycles. The maximum atomic E-state index is 13.1. The molecule has 1 fully saturated rings. The first-order chi connectivity index (χ1) is 15.0. The highest BCUT2D eigenvalue weighted by atomic mass is 16.5. The number of piperidine rings is 1. The molecule has 7 nitrogen and oxygen atoms in total. The van der Waals surface area contributed by atoms with Crippen LogP contribution in [0.5, 0.6) is 11.5 Å². The van der Waals surface area contributed by atoms with E-state index >= 15 is 0 Å². The van der Waals surface area contributed by atoms with E-state index in [0.29, 0.717) is 19.0 Å². The molecule has 2 amide bonds. The van der Waals surface area contributed by atoms with Crippen LogP contribution in [0.15, 0.2) is 60.9 Å². The van der Waals surface area contributed by atoms with Crippen LogP contribution in [-0.2, 0) is 7.05 Å². The number of carbonyl (C=O) groups is 1. The Hall–Kier alpha value is -3.48. The van der Waals surface area contributed by atoms with Crippen LogP contribution in [0, 0.1) is 0 Å². The third kappa shape index (κ3) is 4.66. The largest absolute Gasteiger partial charge is 0.508 e. The minimum Gasteiger partial charge on any atom is -0.508 e. The summed E-state index contributed by atoms with van der Waals surface area (Å²) in [5.74, 6) is 2.22. The van der Waals surface area contributed by atoms with E-state index in [2.05, 4.69) is 10.3 Å². The van der Waals surface area contributed by atoms with Crippen LogP contribution < -0.4 is 10.1 Å². The van der Waals surface area contributed by atoms with E-state index in [1.165, 1.54) is 5.56 Å². The lowest BCUT2D eigenvalue weighted by Crippen LogP contribution is -2.45. The molecule has 0 spiro atoms. The van der Waals surface area contributed by atoms with Gasteiger partial charge in [-0.3, -0.25) is 0 Å². The number of likely N-dealkylation sites (tertiary alicyclic amines) is 1. The Kier molecular flexibility index (Phi) is 6.11. The normalized spacial score (nSPS) is 15.5. The van der Waals surface area contributed by atoms with Gasteiger partial charge in [0.15, 0.2) is 0 Å². The maximum absolute atomic E-state index is 13.1. The zero-order valence-corrected chi connectivity index (χ0v) is 17.9. The minimum atomic E-state index is -0.353. The number of aromatic hydroxyl groups is 1. The van der Waals surface area contributed by atoms with Gasteiger partial charge in [0.05, 0.1) is 7.11 Å². The van der Waals surface area contributed by atoms with Crippen molar-refractivity contribution in [2.24, 2.45) is 7.05 Å². The first-order valence-corrected chi connectivity index (χ1v) is 10.5. The second-order valence-corrected chi connectivity index (χ2v) is 7.90. The Bertz CT molecular complexity index is 1010. The molecule has 2 heterocycles. The van der Waals surface area contributed by atoms with Crippen molar-refractivity contribution in [1.82, 2.24) is 19.8 Å². The second kappa shape index (κ2) is 9.12. The Labute approximate surface area is 182 Å². The highest BCUT2D eigenvalue weighted by Crippen LogP contribution is 2.30. The summed E-state index contributed by atoms with van der Waals surface area (Å²) in [6, 6.07) is 14.6. The number of urea groups is 1. The predicted molar refractivity (Wildman–Crippen MR) is 118 cm³/mol. The molecule has 3 aromatic rings. The molecule has 31 heavy (non-hydrogen) atoms. The van der Waals surface area contributed by atoms with Crippen LogP contribution in [0.1, 0.15) is 41.8 Å². The molecule has 2 aromatic carbocycles. The Morgan fingerprint density at radius 3 is 2.39 bits per heavy atom. The number of phenols is 1. The van der Waals surface area contributed by atoms with Crippen LogP contribution in [0.2, 0.25) is 0 Å². The lowest BCUT2D eigenvalue weighted by atomic mass is 9.89. The van der Waals surface area contributed by atoms with Gasteiger partial charge >= 0.3 is 6.03 Å². The molecule has 1 atom stereocenters. The molecule has 2 N–H and O–H groups in total. The summed E-state index contributed by atoms with van der Waals surface area (Å²) < 4.78 is 7.19. The topological polar surface area (TPSA) is 79.6 Å². The van der Waals surface area contributed by atoms with Crippen molar-refractivity contribution in [1.29, 1.82) is 0 Å². The van der Waals surface area contributed by atoms with Crippen molar-refractivity contribution in [2.45, 2.75) is 24.8 Å². The number of hydrogen-bond acceptors (Lipinski definition) is 4. The highest BCUT2D eigenvalue weighted by Gasteiger charge is 2.27. The van der Waals surface area contributed by atoms with Gasteiger partial charge < -0.3 is 24.6 Å². The first kappa shape index (κ1) is 20.8. The monoisotopic (exact) mass is 420 g/mol. The summed E-state index contributed by atoms with van der Waals surface area (Å²) in [5.41, 5.74) is 2.16. The van der Waals surface area contributed by atoms with Gasteiger partial charge in [0, 0.05) is 32.5 Å². The number of aryl methyl sites for hydroxylation is 1. The Morgan fingerprint density at radius 1 is 1.13 bits per heavy atom. The number of amides is 2. The number of carbonyl (C=O) groups excluding carboxylic acids is 1. The molecule has 1 unspecified atom stereocenters. The van der Waals surface area contributed by atoms with E-state index in [9.17, 15) is 9.90 Å². The number of nitrogens with zero attached hydrogens (tertiary/aromatic N) is 3. The minimum absolute atomic E-state index is 0.0898. The maximum Gasteiger partial charge on any atom is 0.318 e. The molecule has 0 bridgehead atoms. The Balaban J connectivity index is 1.45. The van der Waals surface area contributed by atoms with Gasteiger partial charge in [0.25, 0.3) is 0 Å². The van der Waals surface area contributed by atoms with Crippen LogP contribution in [0.3, 0.4) is 0 Å². The van der Waals surface area contributed by atoms with Gasteiger partial charge in [-0.1, -0.05) is 24.3 Å². The third-order valence-electron chi connectivity index (χ3n) is 5.98. The van der Waals surface area contributed by atoms with E-state index in [0.717, 1.165) is 30.0 Å². The highest BCUT2D eigenvalue weighted by molar-refractivity contribution is 5.75. The van der Waals surface area contributed by atoms with Crippen molar-refractivity contribution >= 4 is 6.03 Å². The number of ether oxygens (including phenoxy) is 1. The fourth-order valence-electron chi connectivity index (χ4n) is 4.13. The quantitative estimate of drug-likeness (QED) is 0.658. The number of methoxy groups -OCH3 is 1. The number of benzene rings is 2. The molecule has 162 valence electrons. The standard InChI is InChI=1S/C24H28N4O3/c1-27-16-13-25-23(27)22(19-5-9-21(31-2)10-6-19)26-24(30)28-14-11-18(12-15-28)17-3-7-20(29)8-4-17/h3-10,13,16,18,22,29H,11-12,14-15H2,1-2H3,(H,26,30). The third-order valence-corrected chi connectivity index (χ3v) is 5.98. The fraction of sp³-hybridized carbons (Fsp3) is 0.333. The van der Waals surface area contributed by atoms with Crippen molar-refractivity contribution in [3.05, 3.63) is 77.9 Å². The van der Waals surface area contributed by atoms with Gasteiger partial charge in [0.1, 0.15) is 23.4 Å². The predicted octanol–water partition coefficient (Wildman–Crippen LogP) is 3.81. The molecule has 1 aromatic heterocycles. The van der Waals surface area contributed by atoms with E-state index < -0.39 is 0 Å². The molecule has 0 aliphatic carbocycles. The number of rotatable bonds is 5. The molecule has 4 rings (SSSR count). The van der Waals surface area contributed by atoms with Crippen molar-refractivity contribution < 1.29 is 14.6 Å². The van der Waals surface area contributed by atoms with E-state index in [1.807, 2.05) is 59.1 Å². The summed E-state index contributed by atoms with van der Waals surface area (Å²) >= 11 is 0. The molecule has 1 aliphatic heterocycles. The molecular weight excluding hydrogens is 392 g/mol. The molecule has 0 saturated carbocycles. The first-order valence-electron chi connectivity index (χ1n) is 10.5. The number of hydrogen-bond donors (Lipinski definition) is 2. The molecule has 1 aliphatic rings. The van der Waals surface area contributed by atoms with E-state index in [4.69, 9.17) is 4.74 Å². The summed E-state index contributed by atoms with van der Waals surface area (Å²) in [6.45, 7) is 1.38. The number of phenolic OH excluding ortho intramolecular Hbond substituents is 1. The lowest BCUT2D eigenvalue weighted by molar-refractivity contribution is 0.178. The lowest BCUT2D eigenvalue weighted by Gasteiger charge is -2.33. The van der Waals surface area contributed by atoms with Crippen molar-refractivity contribution in [3.8, 4) is 11.5 Å². The van der Waals surface area contributed by atoms with Crippen molar-refractivity contribution in [2.75, 3.05) is 20.2 Å². The zero-order valence-electron chi connectivity index (χ0n) is 17.9. The number of nitrogens with one attached hydrogen (secondary N) is 1. The number of imidazole rings is 1. The van der Waals surface area contributed by atoms with Gasteiger partial charge in [-0.15, -0.1) is 0 Å². The van der Waals surface area contributed by atoms with Crippen LogP contribution in [0.4, 0.5) is 4.79 Å². The zero-order chi connectivity index (χ0) is 21.8. The summed E-state index contributed by atoms with van der Waals surface area (Å²) in [4.78, 5) is 19.5. The fourth-order valence-corrected chi connectivity index (χ4v) is 4.13. The summed E-state index contributed by atoms with van der Waals surface area (Å²) in [6.07, 6.45) is 5.41. The van der Waals surface area contributed by atoms with Gasteiger partial charge in [-0.2, -0.15) is 0 Å². The Morgan fingerprint density at radius 2 is 1.81 bits per heavy atom. The van der Waals surface area contributed by atoms with Crippen LogP contribution >= 0.6 is 0 Å². The molecular formula is C24H28N4O3. The second-order valence-electron chi connectivity index (χ2n) is 7.90. The average molecular weight is 421 g/mol. The van der Waals surface area contributed by atoms with E-state index in [-0.39, 0.29) is 17.8 Å². The summed E-state index contributed by atoms with van der Waals surface area (Å²) in [5, 5.41) is 12.7. The van der Waals surface area contributed by atoms with E-state index in [1.54, 1.807) is 25.4 Å².